The minimum Gasteiger partial charge on any atom is -0.423 e. The van der Waals surface area contributed by atoms with Crippen LogP contribution in [0.25, 0.3) is 0 Å². The van der Waals surface area contributed by atoms with Gasteiger partial charge in [-0.1, -0.05) is 84.7 Å². The standard InChI is InChI=1S/C57H62O10/c1-7-9-39(64-49(58)35-12-19-41-44(30-35)53(62)66-51(41)60)24-27-57(37-14-17-40(18-15-37)65-50(59)36-13-20-42-45(31-36)54(63)67-52(42)61)29-28-55(5)38(32-57)16-21-43-47-23-22-46(34(4)11-8-10-33(2)3)56(47,6)26-25-48(43)55/h7,9,12-15,17-20,24,27,30-31,33-34,38,43,46-48H,1,8,10-11,16,21-23,25-26,28-29,32H2,2-6H3/b27-24-,39-9+. The van der Waals surface area contributed by atoms with Crippen LogP contribution in [-0.2, 0) is 19.6 Å². The van der Waals surface area contributed by atoms with E-state index in [-0.39, 0.29) is 44.6 Å². The fraction of sp³-hybridized carbons (Fsp3) is 0.474. The van der Waals surface area contributed by atoms with Crippen molar-refractivity contribution in [2.24, 2.45) is 52.3 Å². The van der Waals surface area contributed by atoms with Gasteiger partial charge in [0.1, 0.15) is 11.5 Å². The average Bonchev–Trinajstić information content (AvgIpc) is 3.92. The molecule has 0 N–H and O–H groups in total. The zero-order valence-corrected chi connectivity index (χ0v) is 39.4. The summed E-state index contributed by atoms with van der Waals surface area (Å²) >= 11 is 0. The van der Waals surface area contributed by atoms with Gasteiger partial charge in [-0.25, -0.2) is 28.8 Å². The number of cyclic esters (lactones) is 4. The highest BCUT2D eigenvalue weighted by molar-refractivity contribution is 6.16. The number of carbonyl (C=O) groups is 6. The number of ether oxygens (including phenoxy) is 4. The Hall–Kier alpha value is -5.90. The van der Waals surface area contributed by atoms with Crippen LogP contribution in [-0.4, -0.2) is 35.8 Å². The molecule has 9 unspecified atom stereocenters. The smallest absolute Gasteiger partial charge is 0.346 e. The second-order valence-corrected chi connectivity index (χ2v) is 21.4. The number of rotatable bonds is 13. The predicted octanol–water partition coefficient (Wildman–Crippen LogP) is 12.4. The highest BCUT2D eigenvalue weighted by Crippen LogP contribution is 2.70. The van der Waals surface area contributed by atoms with Crippen LogP contribution in [0, 0.1) is 52.3 Å². The van der Waals surface area contributed by atoms with E-state index in [4.69, 9.17) is 18.9 Å². The molecule has 4 aliphatic carbocycles. The summed E-state index contributed by atoms with van der Waals surface area (Å²) in [5.41, 5.74) is 1.64. The zero-order chi connectivity index (χ0) is 47.4. The summed E-state index contributed by atoms with van der Waals surface area (Å²) < 4.78 is 21.1. The minimum absolute atomic E-state index is 0.0211. The van der Waals surface area contributed by atoms with Gasteiger partial charge in [0.15, 0.2) is 0 Å². The molecule has 6 aliphatic rings. The molecule has 0 spiro atoms. The summed E-state index contributed by atoms with van der Waals surface area (Å²) in [5, 5.41) is 0. The number of esters is 6. The maximum absolute atomic E-state index is 13.6. The summed E-state index contributed by atoms with van der Waals surface area (Å²) in [4.78, 5) is 75.4. The second-order valence-electron chi connectivity index (χ2n) is 21.4. The van der Waals surface area contributed by atoms with Crippen LogP contribution in [0.3, 0.4) is 0 Å². The van der Waals surface area contributed by atoms with E-state index in [2.05, 4.69) is 47.3 Å². The quantitative estimate of drug-likeness (QED) is 0.0407. The van der Waals surface area contributed by atoms with Crippen molar-refractivity contribution in [3.8, 4) is 5.75 Å². The van der Waals surface area contributed by atoms with Crippen LogP contribution in [0.4, 0.5) is 0 Å². The number of benzene rings is 3. The summed E-state index contributed by atoms with van der Waals surface area (Å²) in [6.45, 7) is 16.3. The second kappa shape index (κ2) is 18.0. The Bertz CT molecular complexity index is 2600. The van der Waals surface area contributed by atoms with E-state index < -0.39 is 41.2 Å². The third kappa shape index (κ3) is 8.43. The molecular weight excluding hydrogens is 845 g/mol. The molecule has 10 nitrogen and oxygen atoms in total. The molecule has 350 valence electrons. The van der Waals surface area contributed by atoms with Gasteiger partial charge in [0, 0.05) is 5.41 Å². The molecule has 3 aromatic carbocycles. The topological polar surface area (TPSA) is 139 Å². The summed E-state index contributed by atoms with van der Waals surface area (Å²) in [7, 11) is 0. The van der Waals surface area contributed by atoms with Gasteiger partial charge in [0.05, 0.1) is 33.4 Å². The van der Waals surface area contributed by atoms with Gasteiger partial charge >= 0.3 is 35.8 Å². The van der Waals surface area contributed by atoms with Gasteiger partial charge in [0.2, 0.25) is 0 Å². The van der Waals surface area contributed by atoms with Crippen LogP contribution >= 0.6 is 0 Å². The first-order chi connectivity index (χ1) is 32.0. The largest absolute Gasteiger partial charge is 0.423 e. The van der Waals surface area contributed by atoms with Crippen molar-refractivity contribution in [2.45, 2.75) is 117 Å². The number of hydrogen-bond acceptors (Lipinski definition) is 10. The van der Waals surface area contributed by atoms with Gasteiger partial charge < -0.3 is 18.9 Å². The first-order valence-electron chi connectivity index (χ1n) is 24.4. The first kappa shape index (κ1) is 46.2. The third-order valence-electron chi connectivity index (χ3n) is 17.4. The Morgan fingerprint density at radius 2 is 1.34 bits per heavy atom. The van der Waals surface area contributed by atoms with Gasteiger partial charge in [-0.2, -0.15) is 0 Å². The van der Waals surface area contributed by atoms with Gasteiger partial charge in [-0.3, -0.25) is 0 Å². The SMILES string of the molecule is C=C/C=C(\C=C/C1(c2ccc(OC(=O)c3ccc4c(c3)C(=O)OC4=O)cc2)CCC2(C)C(CCC3C2CCC2(C)C(C(C)CCCC(C)C)CCC32)C1)OC(=O)c1ccc2c(c1)C(=O)OC2=O. The Balaban J connectivity index is 0.972. The van der Waals surface area contributed by atoms with E-state index in [9.17, 15) is 28.8 Å². The molecule has 2 heterocycles. The molecule has 0 saturated heterocycles. The molecule has 9 rings (SSSR count). The molecule has 0 bridgehead atoms. The molecule has 0 aromatic heterocycles. The highest BCUT2D eigenvalue weighted by Gasteiger charge is 2.61. The van der Waals surface area contributed by atoms with E-state index in [0.29, 0.717) is 23.0 Å². The monoisotopic (exact) mass is 906 g/mol. The number of carbonyl (C=O) groups excluding carboxylic acids is 6. The van der Waals surface area contributed by atoms with Crippen molar-refractivity contribution >= 4 is 35.8 Å². The fourth-order valence-corrected chi connectivity index (χ4v) is 13.9. The number of allylic oxidation sites excluding steroid dienone is 4. The van der Waals surface area contributed by atoms with Crippen molar-refractivity contribution < 1.29 is 47.7 Å². The van der Waals surface area contributed by atoms with Crippen molar-refractivity contribution in [2.75, 3.05) is 0 Å². The summed E-state index contributed by atoms with van der Waals surface area (Å²) in [5.74, 6) is 1.07. The summed E-state index contributed by atoms with van der Waals surface area (Å²) in [6.07, 6.45) is 21.6. The zero-order valence-electron chi connectivity index (χ0n) is 39.4. The molecule has 4 saturated carbocycles. The van der Waals surface area contributed by atoms with Crippen LogP contribution < -0.4 is 4.74 Å². The van der Waals surface area contributed by atoms with Gasteiger partial charge in [-0.05, 0) is 176 Å². The minimum atomic E-state index is -0.804. The van der Waals surface area contributed by atoms with E-state index >= 15 is 0 Å². The molecule has 0 radical (unpaired) electrons. The first-order valence-corrected chi connectivity index (χ1v) is 24.4. The van der Waals surface area contributed by atoms with Crippen LogP contribution in [0.2, 0.25) is 0 Å². The van der Waals surface area contributed by atoms with Gasteiger partial charge in [-0.15, -0.1) is 0 Å². The lowest BCUT2D eigenvalue weighted by Crippen LogP contribution is -2.55. The van der Waals surface area contributed by atoms with E-state index in [1.165, 1.54) is 87.8 Å². The molecule has 9 atom stereocenters. The number of hydrogen-bond donors (Lipinski definition) is 0. The fourth-order valence-electron chi connectivity index (χ4n) is 13.9. The Labute approximate surface area is 393 Å². The molecule has 67 heavy (non-hydrogen) atoms. The van der Waals surface area contributed by atoms with Gasteiger partial charge in [0.25, 0.3) is 0 Å². The van der Waals surface area contributed by atoms with E-state index in [0.717, 1.165) is 60.8 Å². The normalized spacial score (nSPS) is 30.2. The van der Waals surface area contributed by atoms with Crippen molar-refractivity contribution in [1.29, 1.82) is 0 Å². The maximum atomic E-state index is 13.6. The third-order valence-corrected chi connectivity index (χ3v) is 17.4. The highest BCUT2D eigenvalue weighted by atomic mass is 16.6. The van der Waals surface area contributed by atoms with E-state index in [1.54, 1.807) is 24.3 Å². The lowest BCUT2D eigenvalue weighted by Gasteiger charge is -2.62. The summed E-state index contributed by atoms with van der Waals surface area (Å²) in [6, 6.07) is 15.9. The number of fused-ring (bicyclic) bond motifs is 7. The van der Waals surface area contributed by atoms with E-state index in [1.807, 2.05) is 18.2 Å². The molecule has 10 heteroatoms. The maximum Gasteiger partial charge on any atom is 0.346 e. The van der Waals surface area contributed by atoms with Crippen molar-refractivity contribution in [3.63, 3.8) is 0 Å². The molecular formula is C57H62O10. The van der Waals surface area contributed by atoms with Crippen LogP contribution in [0.1, 0.15) is 179 Å². The molecule has 4 fully saturated rings. The molecule has 3 aromatic rings. The Morgan fingerprint density at radius 1 is 0.716 bits per heavy atom. The van der Waals surface area contributed by atoms with Crippen molar-refractivity contribution in [1.82, 2.24) is 0 Å². The Morgan fingerprint density at radius 3 is 1.99 bits per heavy atom. The molecule has 2 aliphatic heterocycles. The van der Waals surface area contributed by atoms with Crippen LogP contribution in [0.15, 0.2) is 97.3 Å². The Kier molecular flexibility index (Phi) is 12.4. The van der Waals surface area contributed by atoms with Crippen molar-refractivity contribution in [3.05, 3.63) is 136 Å². The molecule has 0 amide bonds. The van der Waals surface area contributed by atoms with Crippen LogP contribution in [0.5, 0.6) is 5.75 Å². The lowest BCUT2D eigenvalue weighted by molar-refractivity contribution is -0.121. The average molecular weight is 907 g/mol. The lowest BCUT2D eigenvalue weighted by atomic mass is 9.42. The predicted molar refractivity (Wildman–Crippen MR) is 251 cm³/mol.